The quantitative estimate of drug-likeness (QED) is 0.132. The molecule has 84 heavy (non-hydrogen) atoms. The van der Waals surface area contributed by atoms with Gasteiger partial charge in [-0.05, 0) is 72.8 Å². The molecule has 4 heterocycles. The van der Waals surface area contributed by atoms with Gasteiger partial charge in [-0.2, -0.15) is 31.6 Å². The summed E-state index contributed by atoms with van der Waals surface area (Å²) in [5, 5.41) is 14.0. The fraction of sp³-hybridized carbons (Fsp3) is 0.0290. The molecule has 0 saturated carbocycles. The molecule has 0 N–H and O–H groups in total. The first-order valence-electron chi connectivity index (χ1n) is 26.6. The summed E-state index contributed by atoms with van der Waals surface area (Å²) in [7, 11) is 0. The van der Waals surface area contributed by atoms with E-state index in [-0.39, 0.29) is 11.4 Å². The Labute approximate surface area is 474 Å². The first kappa shape index (κ1) is 51.1. The van der Waals surface area contributed by atoms with E-state index in [1.165, 1.54) is 12.1 Å². The van der Waals surface area contributed by atoms with Crippen LogP contribution in [0.4, 0.5) is 26.3 Å². The monoisotopic (exact) mass is 1110 g/mol. The molecule has 15 heteroatoms. The molecule has 14 rings (SSSR count). The van der Waals surface area contributed by atoms with Crippen molar-refractivity contribution in [2.24, 2.45) is 0 Å². The number of nitrogens with zero attached hydrogens (tertiary/aromatic N) is 9. The van der Waals surface area contributed by atoms with Crippen LogP contribution in [0.1, 0.15) is 16.7 Å². The molecule has 0 amide bonds. The maximum Gasteiger partial charge on any atom is 0.417 e. The van der Waals surface area contributed by atoms with Crippen molar-refractivity contribution in [3.63, 3.8) is 0 Å². The fourth-order valence-electron chi connectivity index (χ4n) is 11.2. The first-order chi connectivity index (χ1) is 40.9. The molecule has 0 aliphatic heterocycles. The van der Waals surface area contributed by atoms with Crippen molar-refractivity contribution in [2.45, 2.75) is 12.4 Å². The molecule has 0 fully saturated rings. The molecule has 0 aliphatic rings. The summed E-state index contributed by atoms with van der Waals surface area (Å²) in [5.74, 6) is 2.54. The van der Waals surface area contributed by atoms with Gasteiger partial charge in [0.25, 0.3) is 0 Å². The smallest absolute Gasteiger partial charge is 0.307 e. The Hall–Kier alpha value is -11.1. The molecule has 14 aromatic rings. The van der Waals surface area contributed by atoms with Crippen LogP contribution in [-0.4, -0.2) is 39.0 Å². The van der Waals surface area contributed by atoms with Gasteiger partial charge in [0.05, 0.1) is 56.2 Å². The Bertz CT molecular complexity index is 4790. The van der Waals surface area contributed by atoms with Gasteiger partial charge in [0.2, 0.25) is 0 Å². The molecule has 0 atom stereocenters. The third-order valence-electron chi connectivity index (χ3n) is 14.9. The molecule has 0 bridgehead atoms. The third-order valence-corrected chi connectivity index (χ3v) is 14.9. The second-order valence-electron chi connectivity index (χ2n) is 20.0. The van der Waals surface area contributed by atoms with Crippen molar-refractivity contribution in [2.75, 3.05) is 0 Å². The molecule has 0 aliphatic carbocycles. The molecule has 0 saturated heterocycles. The largest absolute Gasteiger partial charge is 0.417 e. The molecule has 402 valence electrons. The van der Waals surface area contributed by atoms with E-state index in [4.69, 9.17) is 29.9 Å². The summed E-state index contributed by atoms with van der Waals surface area (Å²) >= 11 is 0. The molecular formula is C69H39F6N9. The van der Waals surface area contributed by atoms with Crippen LogP contribution in [0.25, 0.3) is 134 Å². The predicted molar refractivity (Wildman–Crippen MR) is 315 cm³/mol. The van der Waals surface area contributed by atoms with Gasteiger partial charge in [-0.25, -0.2) is 29.9 Å². The van der Waals surface area contributed by atoms with E-state index in [0.717, 1.165) is 39.1 Å². The highest BCUT2D eigenvalue weighted by atomic mass is 19.4. The number of nitriles is 1. The number of para-hydroxylation sites is 2. The lowest BCUT2D eigenvalue weighted by atomic mass is 9.89. The summed E-state index contributed by atoms with van der Waals surface area (Å²) in [6, 6.07) is 71.0. The SMILES string of the molecule is N#Cc1cc(-n2c3ccccc3c3cc(-c4nc(-c5ccccc5)nc(-c5ccccc5)n4)ccc32)c(-n2c3ccccc3c3cc(-c4nc(-c5ccccc5)nc(-c5ccccc5)n4)ccc32)cc1-c1c(C(F)(F)F)cccc1C(F)(F)F. The minimum absolute atomic E-state index is 0.176. The Morgan fingerprint density at radius 1 is 0.310 bits per heavy atom. The summed E-state index contributed by atoms with van der Waals surface area (Å²) < 4.78 is 95.4. The van der Waals surface area contributed by atoms with Gasteiger partial charge in [0.15, 0.2) is 34.9 Å². The molecule has 0 unspecified atom stereocenters. The van der Waals surface area contributed by atoms with Gasteiger partial charge in [-0.3, -0.25) is 0 Å². The summed E-state index contributed by atoms with van der Waals surface area (Å²) in [6.07, 6.45) is -10.5. The Balaban J connectivity index is 1.04. The van der Waals surface area contributed by atoms with Crippen LogP contribution >= 0.6 is 0 Å². The van der Waals surface area contributed by atoms with Crippen molar-refractivity contribution in [3.8, 4) is 96.9 Å². The lowest BCUT2D eigenvalue weighted by Gasteiger charge is -2.23. The average Bonchev–Trinajstić information content (AvgIpc) is 1.91. The summed E-state index contributed by atoms with van der Waals surface area (Å²) in [4.78, 5) is 29.7. The molecule has 9 nitrogen and oxygen atoms in total. The second kappa shape index (κ2) is 20.2. The Kier molecular flexibility index (Phi) is 12.3. The zero-order valence-corrected chi connectivity index (χ0v) is 43.8. The highest BCUT2D eigenvalue weighted by Gasteiger charge is 2.42. The van der Waals surface area contributed by atoms with Gasteiger partial charge in [0, 0.05) is 66.1 Å². The van der Waals surface area contributed by atoms with Crippen molar-refractivity contribution < 1.29 is 26.3 Å². The summed E-state index contributed by atoms with van der Waals surface area (Å²) in [6.45, 7) is 0. The van der Waals surface area contributed by atoms with Gasteiger partial charge in [0.1, 0.15) is 0 Å². The molecule has 0 radical (unpaired) electrons. The number of alkyl halides is 6. The van der Waals surface area contributed by atoms with E-state index in [1.807, 2.05) is 221 Å². The minimum atomic E-state index is -5.26. The average molecular weight is 1110 g/mol. The van der Waals surface area contributed by atoms with Crippen LogP contribution in [0.5, 0.6) is 0 Å². The highest BCUT2D eigenvalue weighted by Crippen LogP contribution is 2.48. The highest BCUT2D eigenvalue weighted by molar-refractivity contribution is 6.13. The van der Waals surface area contributed by atoms with E-state index in [9.17, 15) is 5.26 Å². The number of fused-ring (bicyclic) bond motifs is 6. The second-order valence-corrected chi connectivity index (χ2v) is 20.0. The number of hydrogen-bond acceptors (Lipinski definition) is 7. The van der Waals surface area contributed by atoms with E-state index in [1.54, 1.807) is 0 Å². The van der Waals surface area contributed by atoms with Crippen molar-refractivity contribution in [1.29, 1.82) is 5.26 Å². The number of hydrogen-bond donors (Lipinski definition) is 0. The van der Waals surface area contributed by atoms with Crippen LogP contribution in [0, 0.1) is 11.3 Å². The number of benzene rings is 10. The molecule has 10 aromatic carbocycles. The first-order valence-corrected chi connectivity index (χ1v) is 26.6. The van der Waals surface area contributed by atoms with Gasteiger partial charge in [-0.15, -0.1) is 0 Å². The predicted octanol–water partition coefficient (Wildman–Crippen LogP) is 17.8. The van der Waals surface area contributed by atoms with Gasteiger partial charge >= 0.3 is 12.4 Å². The third kappa shape index (κ3) is 8.93. The van der Waals surface area contributed by atoms with E-state index in [2.05, 4.69) is 0 Å². The van der Waals surface area contributed by atoms with Gasteiger partial charge in [-0.1, -0.05) is 164 Å². The zero-order chi connectivity index (χ0) is 57.3. The Morgan fingerprint density at radius 3 is 0.988 bits per heavy atom. The molecule has 4 aromatic heterocycles. The lowest BCUT2D eigenvalue weighted by molar-refractivity contribution is -0.142. The molecule has 0 spiro atoms. The fourth-order valence-corrected chi connectivity index (χ4v) is 11.2. The maximum atomic E-state index is 15.3. The van der Waals surface area contributed by atoms with Crippen LogP contribution in [-0.2, 0) is 12.4 Å². The van der Waals surface area contributed by atoms with Crippen LogP contribution in [0.15, 0.2) is 237 Å². The van der Waals surface area contributed by atoms with Crippen molar-refractivity contribution in [1.82, 2.24) is 39.0 Å². The van der Waals surface area contributed by atoms with Crippen molar-refractivity contribution >= 4 is 43.6 Å². The summed E-state index contributed by atoms with van der Waals surface area (Å²) in [5.41, 5.74) is 1.89. The van der Waals surface area contributed by atoms with Crippen LogP contribution < -0.4 is 0 Å². The van der Waals surface area contributed by atoms with E-state index < -0.39 is 40.2 Å². The van der Waals surface area contributed by atoms with E-state index in [0.29, 0.717) is 91.0 Å². The lowest BCUT2D eigenvalue weighted by Crippen LogP contribution is -2.15. The minimum Gasteiger partial charge on any atom is -0.307 e. The van der Waals surface area contributed by atoms with Crippen molar-refractivity contribution in [3.05, 3.63) is 253 Å². The standard InChI is InChI=1S/C69H39F6N9/c70-68(71,72)53-28-17-29-54(69(73,74)75)61(53)50-39-60(84-56-31-16-14-27-49(56)52-37-46(33-35-58(52)84)67-81-64(43-22-9-3-10-23-43)78-65(82-67)44-24-11-4-12-25-44)59(38-47(50)40-76)83-55-30-15-13-26-48(55)51-36-45(32-34-57(51)83)66-79-62(41-18-5-1-6-19-41)77-63(80-66)42-20-7-2-8-21-42/h1-39H. The topological polar surface area (TPSA) is 111 Å². The Morgan fingerprint density at radius 2 is 0.631 bits per heavy atom. The maximum absolute atomic E-state index is 15.3. The van der Waals surface area contributed by atoms with Crippen LogP contribution in [0.2, 0.25) is 0 Å². The number of halogens is 6. The van der Waals surface area contributed by atoms with Crippen LogP contribution in [0.3, 0.4) is 0 Å². The molecular weight excluding hydrogens is 1070 g/mol. The van der Waals surface area contributed by atoms with Gasteiger partial charge < -0.3 is 9.13 Å². The number of aromatic nitrogens is 8. The normalized spacial score (nSPS) is 11.9. The van der Waals surface area contributed by atoms with E-state index >= 15 is 26.3 Å². The number of rotatable bonds is 9. The zero-order valence-electron chi connectivity index (χ0n) is 43.8.